The summed E-state index contributed by atoms with van der Waals surface area (Å²) >= 11 is 0. The van der Waals surface area contributed by atoms with Gasteiger partial charge < -0.3 is 5.11 Å². The van der Waals surface area contributed by atoms with E-state index in [2.05, 4.69) is 34.6 Å². The summed E-state index contributed by atoms with van der Waals surface area (Å²) < 4.78 is 0. The monoisotopic (exact) mass is 184 g/mol. The predicted octanol–water partition coefficient (Wildman–Crippen LogP) is 3.22. The third kappa shape index (κ3) is 2.98. The van der Waals surface area contributed by atoms with Crippen LogP contribution in [0.5, 0.6) is 0 Å². The molecule has 0 amide bonds. The first-order valence-electron chi connectivity index (χ1n) is 5.44. The van der Waals surface area contributed by atoms with Crippen molar-refractivity contribution >= 4 is 0 Å². The zero-order valence-electron chi connectivity index (χ0n) is 9.72. The lowest BCUT2D eigenvalue weighted by Gasteiger charge is -2.48. The van der Waals surface area contributed by atoms with E-state index >= 15 is 0 Å². The molecule has 1 aliphatic carbocycles. The van der Waals surface area contributed by atoms with Crippen molar-refractivity contribution in [2.24, 2.45) is 17.3 Å². The molecule has 0 saturated heterocycles. The van der Waals surface area contributed by atoms with E-state index in [0.29, 0.717) is 0 Å². The summed E-state index contributed by atoms with van der Waals surface area (Å²) in [5.41, 5.74) is -0.0795. The molecule has 1 N–H and O–H groups in total. The Kier molecular flexibility index (Phi) is 2.78. The first-order valence-corrected chi connectivity index (χ1v) is 5.44. The second-order valence-electron chi connectivity index (χ2n) is 6.37. The van der Waals surface area contributed by atoms with Gasteiger partial charge in [0.25, 0.3) is 0 Å². The summed E-state index contributed by atoms with van der Waals surface area (Å²) in [4.78, 5) is 0. The molecule has 13 heavy (non-hydrogen) atoms. The summed E-state index contributed by atoms with van der Waals surface area (Å²) in [5, 5.41) is 10.2. The Morgan fingerprint density at radius 3 is 2.08 bits per heavy atom. The molecule has 0 spiro atoms. The molecule has 1 aliphatic rings. The molecule has 0 aliphatic heterocycles. The Morgan fingerprint density at radius 1 is 1.31 bits per heavy atom. The van der Waals surface area contributed by atoms with E-state index in [1.807, 2.05) is 0 Å². The molecule has 1 heteroatoms. The van der Waals surface area contributed by atoms with E-state index in [0.717, 1.165) is 31.1 Å². The molecule has 0 aromatic carbocycles. The van der Waals surface area contributed by atoms with Gasteiger partial charge in [0, 0.05) is 0 Å². The Balaban J connectivity index is 2.38. The standard InChI is InChI=1S/C12H24O/c1-9(2)10-6-12(13,7-10)8-11(3,4)5/h9-10,13H,6-8H2,1-5H3/t10-,12-. The fourth-order valence-corrected chi connectivity index (χ4v) is 2.52. The first-order chi connectivity index (χ1) is 5.72. The smallest absolute Gasteiger partial charge is 0.0658 e. The van der Waals surface area contributed by atoms with E-state index in [1.165, 1.54) is 0 Å². The summed E-state index contributed by atoms with van der Waals surface area (Å²) in [5.74, 6) is 1.49. The second kappa shape index (κ2) is 3.27. The van der Waals surface area contributed by atoms with Crippen LogP contribution in [0, 0.1) is 17.3 Å². The second-order valence-corrected chi connectivity index (χ2v) is 6.37. The number of hydrogen-bond acceptors (Lipinski definition) is 1. The van der Waals surface area contributed by atoms with Gasteiger partial charge in [0.1, 0.15) is 0 Å². The van der Waals surface area contributed by atoms with Gasteiger partial charge in [0.15, 0.2) is 0 Å². The minimum Gasteiger partial charge on any atom is -0.390 e. The van der Waals surface area contributed by atoms with Crippen LogP contribution in [-0.2, 0) is 0 Å². The highest BCUT2D eigenvalue weighted by Crippen LogP contribution is 2.47. The van der Waals surface area contributed by atoms with E-state index in [1.54, 1.807) is 0 Å². The van der Waals surface area contributed by atoms with Crippen LogP contribution in [0.2, 0.25) is 0 Å². The molecule has 1 fully saturated rings. The van der Waals surface area contributed by atoms with E-state index in [-0.39, 0.29) is 11.0 Å². The highest BCUT2D eigenvalue weighted by molar-refractivity contribution is 4.97. The van der Waals surface area contributed by atoms with Crippen molar-refractivity contribution in [2.45, 2.75) is 59.5 Å². The number of hydrogen-bond donors (Lipinski definition) is 1. The fourth-order valence-electron chi connectivity index (χ4n) is 2.52. The third-order valence-corrected chi connectivity index (χ3v) is 3.09. The van der Waals surface area contributed by atoms with Crippen LogP contribution in [-0.4, -0.2) is 10.7 Å². The van der Waals surface area contributed by atoms with Gasteiger partial charge in [0.2, 0.25) is 0 Å². The van der Waals surface area contributed by atoms with Crippen LogP contribution in [0.1, 0.15) is 53.9 Å². The van der Waals surface area contributed by atoms with Crippen molar-refractivity contribution in [3.05, 3.63) is 0 Å². The number of rotatable bonds is 2. The molecule has 0 aromatic heterocycles. The Labute approximate surface area is 82.5 Å². The fraction of sp³-hybridized carbons (Fsp3) is 1.00. The Morgan fingerprint density at radius 2 is 1.77 bits per heavy atom. The molecule has 0 heterocycles. The van der Waals surface area contributed by atoms with Gasteiger partial charge in [0.05, 0.1) is 5.60 Å². The summed E-state index contributed by atoms with van der Waals surface area (Å²) in [7, 11) is 0. The van der Waals surface area contributed by atoms with Gasteiger partial charge in [-0.25, -0.2) is 0 Å². The molecule has 0 unspecified atom stereocenters. The molecule has 78 valence electrons. The minimum atomic E-state index is -0.340. The van der Waals surface area contributed by atoms with Crippen LogP contribution < -0.4 is 0 Å². The summed E-state index contributed by atoms with van der Waals surface area (Å²) in [6.07, 6.45) is 2.98. The van der Waals surface area contributed by atoms with Gasteiger partial charge >= 0.3 is 0 Å². The molecular weight excluding hydrogens is 160 g/mol. The highest BCUT2D eigenvalue weighted by Gasteiger charge is 2.45. The van der Waals surface area contributed by atoms with Crippen LogP contribution in [0.3, 0.4) is 0 Å². The predicted molar refractivity (Wildman–Crippen MR) is 56.6 cm³/mol. The lowest BCUT2D eigenvalue weighted by molar-refractivity contribution is -0.110. The van der Waals surface area contributed by atoms with E-state index in [9.17, 15) is 5.11 Å². The Hall–Kier alpha value is -0.0400. The summed E-state index contributed by atoms with van der Waals surface area (Å²) in [6.45, 7) is 11.1. The van der Waals surface area contributed by atoms with Crippen LogP contribution in [0.4, 0.5) is 0 Å². The van der Waals surface area contributed by atoms with E-state index < -0.39 is 0 Å². The SMILES string of the molecule is CC(C)[C@H]1C[C@@](O)(CC(C)(C)C)C1. The third-order valence-electron chi connectivity index (χ3n) is 3.09. The molecule has 0 aromatic rings. The van der Waals surface area contributed by atoms with Crippen molar-refractivity contribution in [3.63, 3.8) is 0 Å². The van der Waals surface area contributed by atoms with Gasteiger partial charge in [-0.3, -0.25) is 0 Å². The van der Waals surface area contributed by atoms with E-state index in [4.69, 9.17) is 0 Å². The zero-order valence-corrected chi connectivity index (χ0v) is 9.72. The molecule has 1 nitrogen and oxygen atoms in total. The van der Waals surface area contributed by atoms with Gasteiger partial charge in [-0.05, 0) is 36.5 Å². The highest BCUT2D eigenvalue weighted by atomic mass is 16.3. The van der Waals surface area contributed by atoms with Crippen molar-refractivity contribution < 1.29 is 5.11 Å². The van der Waals surface area contributed by atoms with Crippen molar-refractivity contribution in [1.29, 1.82) is 0 Å². The number of aliphatic hydroxyl groups is 1. The molecule has 0 radical (unpaired) electrons. The molecular formula is C12H24O. The largest absolute Gasteiger partial charge is 0.390 e. The van der Waals surface area contributed by atoms with Gasteiger partial charge in [-0.2, -0.15) is 0 Å². The molecule has 1 saturated carbocycles. The maximum atomic E-state index is 10.2. The molecule has 0 atom stereocenters. The maximum absolute atomic E-state index is 10.2. The lowest BCUT2D eigenvalue weighted by atomic mass is 9.61. The minimum absolute atomic E-state index is 0.261. The van der Waals surface area contributed by atoms with Crippen molar-refractivity contribution in [3.8, 4) is 0 Å². The quantitative estimate of drug-likeness (QED) is 0.698. The average molecular weight is 184 g/mol. The average Bonchev–Trinajstić information content (AvgIpc) is 1.77. The normalized spacial score (nSPS) is 34.8. The van der Waals surface area contributed by atoms with Crippen LogP contribution in [0.15, 0.2) is 0 Å². The first kappa shape index (κ1) is 11.0. The zero-order chi connectivity index (χ0) is 10.3. The lowest BCUT2D eigenvalue weighted by Crippen LogP contribution is -2.47. The molecule has 0 bridgehead atoms. The van der Waals surface area contributed by atoms with Crippen LogP contribution in [0.25, 0.3) is 0 Å². The molecule has 1 rings (SSSR count). The topological polar surface area (TPSA) is 20.2 Å². The summed E-state index contributed by atoms with van der Waals surface area (Å²) in [6, 6.07) is 0. The Bertz CT molecular complexity index is 170. The van der Waals surface area contributed by atoms with Gasteiger partial charge in [-0.1, -0.05) is 34.6 Å². The van der Waals surface area contributed by atoms with Crippen molar-refractivity contribution in [1.82, 2.24) is 0 Å². The maximum Gasteiger partial charge on any atom is 0.0658 e. The van der Waals surface area contributed by atoms with Crippen molar-refractivity contribution in [2.75, 3.05) is 0 Å². The van der Waals surface area contributed by atoms with Gasteiger partial charge in [-0.15, -0.1) is 0 Å². The van der Waals surface area contributed by atoms with Crippen LogP contribution >= 0.6 is 0 Å².